The summed E-state index contributed by atoms with van der Waals surface area (Å²) < 4.78 is 5.31. The van der Waals surface area contributed by atoms with E-state index in [9.17, 15) is 19.6 Å². The van der Waals surface area contributed by atoms with Crippen molar-refractivity contribution in [1.29, 1.82) is 5.26 Å². The molecule has 2 aromatic heterocycles. The fourth-order valence-electron chi connectivity index (χ4n) is 4.63. The summed E-state index contributed by atoms with van der Waals surface area (Å²) in [6, 6.07) is 4.81. The first-order valence-corrected chi connectivity index (χ1v) is 11.9. The van der Waals surface area contributed by atoms with Crippen molar-refractivity contribution in [2.75, 3.05) is 11.9 Å². The number of nitrogens with zero attached hydrogens (tertiary/aromatic N) is 2. The maximum atomic E-state index is 12.9. The molecule has 1 aliphatic heterocycles. The Hall–Kier alpha value is -3.12. The van der Waals surface area contributed by atoms with Gasteiger partial charge in [0.15, 0.2) is 5.54 Å². The van der Waals surface area contributed by atoms with Crippen molar-refractivity contribution in [3.05, 3.63) is 40.2 Å². The molecule has 2 aromatic rings. The van der Waals surface area contributed by atoms with E-state index in [0.717, 1.165) is 41.0 Å². The Balaban J connectivity index is 1.49. The van der Waals surface area contributed by atoms with Gasteiger partial charge in [-0.3, -0.25) is 14.5 Å². The molecule has 1 saturated heterocycles. The summed E-state index contributed by atoms with van der Waals surface area (Å²) in [5.41, 5.74) is 0.360. The van der Waals surface area contributed by atoms with Gasteiger partial charge < -0.3 is 15.1 Å². The highest BCUT2D eigenvalue weighted by Crippen LogP contribution is 2.45. The van der Waals surface area contributed by atoms with Crippen LogP contribution in [0.2, 0.25) is 0 Å². The summed E-state index contributed by atoms with van der Waals surface area (Å²) in [6.07, 6.45) is 5.22. The van der Waals surface area contributed by atoms with Gasteiger partial charge in [-0.2, -0.15) is 5.26 Å². The predicted molar refractivity (Wildman–Crippen MR) is 124 cm³/mol. The lowest BCUT2D eigenvalue weighted by molar-refractivity contribution is -0.134. The smallest absolute Gasteiger partial charge is 0.325 e. The number of carbonyl (C=O) groups is 3. The van der Waals surface area contributed by atoms with Crippen LogP contribution in [0, 0.1) is 22.7 Å². The molecule has 0 aromatic carbocycles. The second-order valence-electron chi connectivity index (χ2n) is 9.57. The van der Waals surface area contributed by atoms with Gasteiger partial charge in [0.25, 0.3) is 5.91 Å². The van der Waals surface area contributed by atoms with Gasteiger partial charge >= 0.3 is 6.03 Å². The molecule has 2 aliphatic rings. The zero-order valence-corrected chi connectivity index (χ0v) is 20.1. The van der Waals surface area contributed by atoms with E-state index in [0.29, 0.717) is 22.2 Å². The maximum absolute atomic E-state index is 12.9. The van der Waals surface area contributed by atoms with Crippen LogP contribution in [0.15, 0.2) is 22.8 Å². The number of anilines is 1. The molecule has 0 radical (unpaired) electrons. The van der Waals surface area contributed by atoms with Crippen molar-refractivity contribution >= 4 is 34.2 Å². The molecule has 2 atom stereocenters. The van der Waals surface area contributed by atoms with Crippen LogP contribution in [-0.4, -0.2) is 29.3 Å². The SMILES string of the molecule is CCC(C)(C)C1CCc2c(sc(NC(=O)CN3C(=O)NC(C)(c4ccco4)C3=O)c2C#N)C1. The van der Waals surface area contributed by atoms with E-state index >= 15 is 0 Å². The molecule has 2 N–H and O–H groups in total. The third-order valence-corrected chi connectivity index (χ3v) is 8.41. The normalized spacial score (nSPS) is 22.6. The summed E-state index contributed by atoms with van der Waals surface area (Å²) in [5, 5.41) is 15.6. The summed E-state index contributed by atoms with van der Waals surface area (Å²) >= 11 is 1.43. The fraction of sp³-hybridized carbons (Fsp3) is 0.500. The van der Waals surface area contributed by atoms with Gasteiger partial charge in [0.05, 0.1) is 11.8 Å². The van der Waals surface area contributed by atoms with Crippen LogP contribution in [0.1, 0.15) is 62.3 Å². The number of urea groups is 1. The topological polar surface area (TPSA) is 115 Å². The van der Waals surface area contributed by atoms with E-state index in [-0.39, 0.29) is 5.41 Å². The molecule has 9 heteroatoms. The monoisotopic (exact) mass is 468 g/mol. The summed E-state index contributed by atoms with van der Waals surface area (Å²) in [6.45, 7) is 7.85. The van der Waals surface area contributed by atoms with Crippen LogP contribution >= 0.6 is 11.3 Å². The average molecular weight is 469 g/mol. The number of imide groups is 1. The van der Waals surface area contributed by atoms with Crippen LogP contribution < -0.4 is 10.6 Å². The van der Waals surface area contributed by atoms with Crippen LogP contribution in [0.25, 0.3) is 0 Å². The van der Waals surface area contributed by atoms with Crippen LogP contribution in [0.5, 0.6) is 0 Å². The number of nitriles is 1. The van der Waals surface area contributed by atoms with Crippen molar-refractivity contribution in [2.45, 2.75) is 58.9 Å². The lowest BCUT2D eigenvalue weighted by atomic mass is 9.69. The van der Waals surface area contributed by atoms with Crippen molar-refractivity contribution < 1.29 is 18.8 Å². The van der Waals surface area contributed by atoms with Gasteiger partial charge in [0, 0.05) is 4.88 Å². The van der Waals surface area contributed by atoms with Crippen molar-refractivity contribution in [2.24, 2.45) is 11.3 Å². The number of amides is 4. The molecule has 0 bridgehead atoms. The van der Waals surface area contributed by atoms with Gasteiger partial charge in [-0.15, -0.1) is 11.3 Å². The molecular weight excluding hydrogens is 440 g/mol. The predicted octanol–water partition coefficient (Wildman–Crippen LogP) is 4.16. The largest absolute Gasteiger partial charge is 0.466 e. The Morgan fingerprint density at radius 2 is 2.21 bits per heavy atom. The number of rotatable bonds is 6. The Bertz CT molecular complexity index is 1140. The standard InChI is InChI=1S/C24H28N4O4S/c1-5-23(2,3)14-8-9-15-16(12-25)20(33-17(15)11-14)26-19(29)13-28-21(30)24(4,27-22(28)31)18-7-6-10-32-18/h6-7,10,14H,5,8-9,11,13H2,1-4H3,(H,26,29)(H,27,31). The molecule has 174 valence electrons. The van der Waals surface area contributed by atoms with Crippen LogP contribution in [-0.2, 0) is 28.0 Å². The first-order chi connectivity index (χ1) is 15.6. The number of thiophene rings is 1. The molecule has 4 amide bonds. The minimum Gasteiger partial charge on any atom is -0.466 e. The minimum atomic E-state index is -1.36. The highest BCUT2D eigenvalue weighted by molar-refractivity contribution is 7.16. The van der Waals surface area contributed by atoms with Gasteiger partial charge in [-0.25, -0.2) is 4.79 Å². The van der Waals surface area contributed by atoms with E-state index in [1.165, 1.54) is 17.6 Å². The van der Waals surface area contributed by atoms with Crippen molar-refractivity contribution in [1.82, 2.24) is 10.2 Å². The third-order valence-electron chi connectivity index (χ3n) is 7.24. The van der Waals surface area contributed by atoms with E-state index < -0.39 is 29.9 Å². The van der Waals surface area contributed by atoms with Crippen molar-refractivity contribution in [3.63, 3.8) is 0 Å². The average Bonchev–Trinajstić information content (AvgIpc) is 3.48. The third kappa shape index (κ3) is 3.93. The molecule has 4 rings (SSSR count). The van der Waals surface area contributed by atoms with E-state index in [2.05, 4.69) is 37.5 Å². The second-order valence-corrected chi connectivity index (χ2v) is 10.7. The number of furan rings is 1. The Labute approximate surface area is 196 Å². The van der Waals surface area contributed by atoms with Gasteiger partial charge in [0.2, 0.25) is 5.91 Å². The summed E-state index contributed by atoms with van der Waals surface area (Å²) in [5.74, 6) is -0.268. The summed E-state index contributed by atoms with van der Waals surface area (Å²) in [4.78, 5) is 40.2. The molecule has 33 heavy (non-hydrogen) atoms. The molecule has 3 heterocycles. The molecular formula is C24H28N4O4S. The zero-order chi connectivity index (χ0) is 24.0. The molecule has 0 spiro atoms. The van der Waals surface area contributed by atoms with Gasteiger partial charge in [-0.1, -0.05) is 27.2 Å². The highest BCUT2D eigenvalue weighted by Gasteiger charge is 2.51. The molecule has 2 unspecified atom stereocenters. The Morgan fingerprint density at radius 1 is 1.45 bits per heavy atom. The van der Waals surface area contributed by atoms with Crippen molar-refractivity contribution in [3.8, 4) is 6.07 Å². The molecule has 0 saturated carbocycles. The van der Waals surface area contributed by atoms with Crippen LogP contribution in [0.3, 0.4) is 0 Å². The number of fused-ring (bicyclic) bond motifs is 1. The van der Waals surface area contributed by atoms with E-state index in [1.54, 1.807) is 19.1 Å². The number of hydrogen-bond acceptors (Lipinski definition) is 6. The second kappa shape index (κ2) is 8.34. The number of hydrogen-bond donors (Lipinski definition) is 2. The van der Waals surface area contributed by atoms with E-state index in [4.69, 9.17) is 4.42 Å². The molecule has 8 nitrogen and oxygen atoms in total. The first kappa shape index (κ1) is 23.1. The Morgan fingerprint density at radius 3 is 2.85 bits per heavy atom. The van der Waals surface area contributed by atoms with Crippen LogP contribution in [0.4, 0.5) is 9.80 Å². The molecule has 1 fully saturated rings. The number of carbonyl (C=O) groups excluding carboxylic acids is 3. The molecule has 1 aliphatic carbocycles. The fourth-order valence-corrected chi connectivity index (χ4v) is 5.92. The quantitative estimate of drug-likeness (QED) is 0.618. The minimum absolute atomic E-state index is 0.210. The van der Waals surface area contributed by atoms with E-state index in [1.807, 2.05) is 0 Å². The maximum Gasteiger partial charge on any atom is 0.325 e. The lowest BCUT2D eigenvalue weighted by Crippen LogP contribution is -2.41. The highest BCUT2D eigenvalue weighted by atomic mass is 32.1. The van der Waals surface area contributed by atoms with Gasteiger partial charge in [-0.05, 0) is 55.2 Å². The van der Waals surface area contributed by atoms with Gasteiger partial charge in [0.1, 0.15) is 23.4 Å². The summed E-state index contributed by atoms with van der Waals surface area (Å²) in [7, 11) is 0. The first-order valence-electron chi connectivity index (χ1n) is 11.1. The zero-order valence-electron chi connectivity index (χ0n) is 19.3. The number of nitrogens with one attached hydrogen (secondary N) is 2. The lowest BCUT2D eigenvalue weighted by Gasteiger charge is -2.36. The Kier molecular flexibility index (Phi) is 5.83.